The van der Waals surface area contributed by atoms with Crippen molar-refractivity contribution in [1.29, 1.82) is 0 Å². The second kappa shape index (κ2) is 2.53. The first-order valence-corrected chi connectivity index (χ1v) is 3.77. The number of anilines is 1. The third kappa shape index (κ3) is 0.950. The van der Waals surface area contributed by atoms with Gasteiger partial charge in [0.1, 0.15) is 0 Å². The normalized spacial score (nSPS) is 10.8. The van der Waals surface area contributed by atoms with Crippen LogP contribution in [0.2, 0.25) is 0 Å². The van der Waals surface area contributed by atoms with E-state index in [9.17, 15) is 0 Å². The van der Waals surface area contributed by atoms with E-state index in [4.69, 9.17) is 10.8 Å². The maximum absolute atomic E-state index is 8.94. The molecule has 0 atom stereocenters. The predicted molar refractivity (Wildman–Crippen MR) is 48.6 cm³/mol. The lowest BCUT2D eigenvalue weighted by Crippen LogP contribution is -1.83. The van der Waals surface area contributed by atoms with Crippen LogP contribution in [0, 0.1) is 0 Å². The van der Waals surface area contributed by atoms with Gasteiger partial charge in [-0.2, -0.15) is 0 Å². The second-order valence-corrected chi connectivity index (χ2v) is 2.78. The Morgan fingerprint density at radius 1 is 1.42 bits per heavy atom. The zero-order chi connectivity index (χ0) is 8.55. The van der Waals surface area contributed by atoms with E-state index in [0.29, 0.717) is 0 Å². The number of rotatable bonds is 1. The molecule has 1 heterocycles. The van der Waals surface area contributed by atoms with Gasteiger partial charge in [0, 0.05) is 28.4 Å². The van der Waals surface area contributed by atoms with Crippen LogP contribution in [0.15, 0.2) is 24.4 Å². The minimum absolute atomic E-state index is 0.0594. The molecular weight excluding hydrogens is 152 g/mol. The van der Waals surface area contributed by atoms with Crippen LogP contribution in [0.1, 0.15) is 5.56 Å². The van der Waals surface area contributed by atoms with E-state index >= 15 is 0 Å². The van der Waals surface area contributed by atoms with Gasteiger partial charge in [-0.05, 0) is 12.1 Å². The fourth-order valence-electron chi connectivity index (χ4n) is 1.33. The summed E-state index contributed by atoms with van der Waals surface area (Å²) in [5, 5.41) is 9.98. The summed E-state index contributed by atoms with van der Waals surface area (Å²) in [6.45, 7) is 0.0594. The Balaban J connectivity index is 2.73. The number of H-pyrrole nitrogens is 1. The van der Waals surface area contributed by atoms with Crippen LogP contribution in [-0.2, 0) is 6.61 Å². The molecule has 2 aromatic rings. The molecule has 0 aliphatic heterocycles. The molecule has 0 fully saturated rings. The number of nitrogen functional groups attached to an aromatic ring is 1. The molecule has 12 heavy (non-hydrogen) atoms. The van der Waals surface area contributed by atoms with Crippen LogP contribution in [0.25, 0.3) is 10.9 Å². The Morgan fingerprint density at radius 2 is 2.25 bits per heavy atom. The Morgan fingerprint density at radius 3 is 3.00 bits per heavy atom. The average Bonchev–Trinajstić information content (AvgIpc) is 2.46. The van der Waals surface area contributed by atoms with Crippen molar-refractivity contribution in [2.24, 2.45) is 0 Å². The number of aromatic amines is 1. The Hall–Kier alpha value is -1.48. The van der Waals surface area contributed by atoms with Gasteiger partial charge >= 0.3 is 0 Å². The summed E-state index contributed by atoms with van der Waals surface area (Å²) in [6.07, 6.45) is 1.80. The number of hydrogen-bond acceptors (Lipinski definition) is 2. The van der Waals surface area contributed by atoms with E-state index < -0.39 is 0 Å². The second-order valence-electron chi connectivity index (χ2n) is 2.78. The van der Waals surface area contributed by atoms with Gasteiger partial charge in [0.2, 0.25) is 0 Å². The van der Waals surface area contributed by atoms with Gasteiger partial charge in [-0.15, -0.1) is 0 Å². The van der Waals surface area contributed by atoms with Gasteiger partial charge in [0.15, 0.2) is 0 Å². The van der Waals surface area contributed by atoms with Gasteiger partial charge in [0.05, 0.1) is 6.61 Å². The number of aliphatic hydroxyl groups is 1. The molecule has 2 rings (SSSR count). The smallest absolute Gasteiger partial charge is 0.0702 e. The maximum Gasteiger partial charge on any atom is 0.0702 e. The number of aliphatic hydroxyl groups excluding tert-OH is 1. The summed E-state index contributed by atoms with van der Waals surface area (Å²) in [7, 11) is 0. The van der Waals surface area contributed by atoms with Crippen LogP contribution in [0.4, 0.5) is 5.69 Å². The lowest BCUT2D eigenvalue weighted by Gasteiger charge is -1.94. The van der Waals surface area contributed by atoms with Gasteiger partial charge in [-0.1, -0.05) is 6.07 Å². The SMILES string of the molecule is Nc1ccc2c(CO)c[nH]c2c1. The van der Waals surface area contributed by atoms with E-state index in [2.05, 4.69) is 4.98 Å². The number of aromatic nitrogens is 1. The van der Waals surface area contributed by atoms with Crippen molar-refractivity contribution in [2.45, 2.75) is 6.61 Å². The molecule has 0 saturated carbocycles. The van der Waals surface area contributed by atoms with Crippen molar-refractivity contribution >= 4 is 16.6 Å². The summed E-state index contributed by atoms with van der Waals surface area (Å²) in [5.74, 6) is 0. The number of benzene rings is 1. The molecule has 0 unspecified atom stereocenters. The van der Waals surface area contributed by atoms with Gasteiger partial charge in [-0.25, -0.2) is 0 Å². The maximum atomic E-state index is 8.94. The first kappa shape index (κ1) is 7.18. The molecule has 4 N–H and O–H groups in total. The standard InChI is InChI=1S/C9H10N2O/c10-7-1-2-8-6(5-12)4-11-9(8)3-7/h1-4,11-12H,5,10H2. The summed E-state index contributed by atoms with van der Waals surface area (Å²) in [4.78, 5) is 3.04. The van der Waals surface area contributed by atoms with Crippen LogP contribution < -0.4 is 5.73 Å². The Kier molecular flexibility index (Phi) is 1.52. The molecule has 3 heteroatoms. The third-order valence-corrected chi connectivity index (χ3v) is 1.96. The molecule has 3 nitrogen and oxygen atoms in total. The largest absolute Gasteiger partial charge is 0.399 e. The number of nitrogens with two attached hydrogens (primary N) is 1. The average molecular weight is 162 g/mol. The molecule has 0 aliphatic carbocycles. The molecule has 0 radical (unpaired) electrons. The van der Waals surface area contributed by atoms with E-state index in [1.807, 2.05) is 18.2 Å². The number of hydrogen-bond donors (Lipinski definition) is 3. The van der Waals surface area contributed by atoms with Gasteiger partial charge < -0.3 is 15.8 Å². The van der Waals surface area contributed by atoms with Crippen LogP contribution in [0.5, 0.6) is 0 Å². The summed E-state index contributed by atoms with van der Waals surface area (Å²) < 4.78 is 0. The zero-order valence-electron chi connectivity index (χ0n) is 6.54. The fraction of sp³-hybridized carbons (Fsp3) is 0.111. The van der Waals surface area contributed by atoms with E-state index in [1.54, 1.807) is 6.20 Å². The van der Waals surface area contributed by atoms with Crippen LogP contribution >= 0.6 is 0 Å². The van der Waals surface area contributed by atoms with Crippen molar-refractivity contribution < 1.29 is 5.11 Å². The van der Waals surface area contributed by atoms with E-state index in [-0.39, 0.29) is 6.61 Å². The minimum atomic E-state index is 0.0594. The summed E-state index contributed by atoms with van der Waals surface area (Å²) in [5.41, 5.74) is 8.20. The lowest BCUT2D eigenvalue weighted by atomic mass is 10.2. The van der Waals surface area contributed by atoms with E-state index in [0.717, 1.165) is 22.2 Å². The highest BCUT2D eigenvalue weighted by Crippen LogP contribution is 2.20. The van der Waals surface area contributed by atoms with Crippen molar-refractivity contribution in [3.05, 3.63) is 30.0 Å². The highest BCUT2D eigenvalue weighted by molar-refractivity contribution is 5.85. The monoisotopic (exact) mass is 162 g/mol. The quantitative estimate of drug-likeness (QED) is 0.552. The topological polar surface area (TPSA) is 62.0 Å². The Labute approximate surface area is 69.8 Å². The molecule has 0 saturated heterocycles. The first-order valence-electron chi connectivity index (χ1n) is 3.77. The van der Waals surface area contributed by atoms with Crippen molar-refractivity contribution in [3.8, 4) is 0 Å². The summed E-state index contributed by atoms with van der Waals surface area (Å²) in [6, 6.07) is 5.59. The molecule has 0 amide bonds. The first-order chi connectivity index (χ1) is 5.81. The molecule has 1 aromatic heterocycles. The van der Waals surface area contributed by atoms with Crippen LogP contribution in [-0.4, -0.2) is 10.1 Å². The lowest BCUT2D eigenvalue weighted by molar-refractivity contribution is 0.283. The summed E-state index contributed by atoms with van der Waals surface area (Å²) >= 11 is 0. The zero-order valence-corrected chi connectivity index (χ0v) is 6.54. The third-order valence-electron chi connectivity index (χ3n) is 1.96. The fourth-order valence-corrected chi connectivity index (χ4v) is 1.33. The molecule has 62 valence electrons. The number of nitrogens with one attached hydrogen (secondary N) is 1. The number of fused-ring (bicyclic) bond motifs is 1. The highest BCUT2D eigenvalue weighted by atomic mass is 16.3. The molecular formula is C9H10N2O. The molecule has 0 aliphatic rings. The minimum Gasteiger partial charge on any atom is -0.399 e. The van der Waals surface area contributed by atoms with Crippen molar-refractivity contribution in [1.82, 2.24) is 4.98 Å². The van der Waals surface area contributed by atoms with Gasteiger partial charge in [0.25, 0.3) is 0 Å². The van der Waals surface area contributed by atoms with Crippen LogP contribution in [0.3, 0.4) is 0 Å². The van der Waals surface area contributed by atoms with Crippen molar-refractivity contribution in [2.75, 3.05) is 5.73 Å². The molecule has 0 spiro atoms. The molecule has 0 bridgehead atoms. The predicted octanol–water partition coefficient (Wildman–Crippen LogP) is 1.24. The Bertz CT molecular complexity index is 406. The highest BCUT2D eigenvalue weighted by Gasteiger charge is 2.01. The van der Waals surface area contributed by atoms with Crippen molar-refractivity contribution in [3.63, 3.8) is 0 Å². The molecule has 1 aromatic carbocycles. The van der Waals surface area contributed by atoms with E-state index in [1.165, 1.54) is 0 Å². The van der Waals surface area contributed by atoms with Gasteiger partial charge in [-0.3, -0.25) is 0 Å².